The number of aromatic nitrogens is 1. The standard InChI is InChI=1S/C22H22N2OS/c1-17-23-20(15-26-17)21(25)24-14-8-13-22(16-24,18-9-4-2-5-10-18)19-11-6-3-7-12-19/h2-7,9-12,15H,8,13-14,16H2,1H3. The van der Waals surface area contributed by atoms with Gasteiger partial charge in [-0.2, -0.15) is 0 Å². The normalized spacial score (nSPS) is 16.4. The predicted octanol–water partition coefficient (Wildman–Crippen LogP) is 4.67. The number of piperidine rings is 1. The van der Waals surface area contributed by atoms with E-state index in [1.54, 1.807) is 0 Å². The Kier molecular flexibility index (Phi) is 4.60. The Morgan fingerprint density at radius 1 is 1.04 bits per heavy atom. The fourth-order valence-electron chi connectivity index (χ4n) is 4.00. The first-order valence-electron chi connectivity index (χ1n) is 9.01. The van der Waals surface area contributed by atoms with Gasteiger partial charge in [0.2, 0.25) is 0 Å². The van der Waals surface area contributed by atoms with Crippen LogP contribution in [0, 0.1) is 6.92 Å². The third-order valence-corrected chi connectivity index (χ3v) is 6.04. The summed E-state index contributed by atoms with van der Waals surface area (Å²) >= 11 is 1.53. The molecule has 1 aromatic heterocycles. The second kappa shape index (κ2) is 7.04. The highest BCUT2D eigenvalue weighted by atomic mass is 32.1. The molecule has 0 unspecified atom stereocenters. The second-order valence-corrected chi connectivity index (χ2v) is 7.96. The summed E-state index contributed by atoms with van der Waals surface area (Å²) in [6, 6.07) is 21.2. The Morgan fingerprint density at radius 3 is 2.19 bits per heavy atom. The molecule has 3 nitrogen and oxygen atoms in total. The molecule has 1 saturated heterocycles. The molecule has 1 aliphatic heterocycles. The maximum Gasteiger partial charge on any atom is 0.273 e. The fraction of sp³-hybridized carbons (Fsp3) is 0.273. The van der Waals surface area contributed by atoms with E-state index in [4.69, 9.17) is 0 Å². The molecule has 1 fully saturated rings. The van der Waals surface area contributed by atoms with E-state index in [0.717, 1.165) is 24.4 Å². The van der Waals surface area contributed by atoms with E-state index in [0.29, 0.717) is 12.2 Å². The summed E-state index contributed by atoms with van der Waals surface area (Å²) < 4.78 is 0. The third kappa shape index (κ3) is 3.06. The molecule has 0 atom stereocenters. The molecule has 132 valence electrons. The van der Waals surface area contributed by atoms with E-state index < -0.39 is 0 Å². The molecule has 4 heteroatoms. The fourth-order valence-corrected chi connectivity index (χ4v) is 4.59. The van der Waals surface area contributed by atoms with Crippen molar-refractivity contribution in [2.75, 3.05) is 13.1 Å². The Balaban J connectivity index is 1.74. The van der Waals surface area contributed by atoms with Gasteiger partial charge in [-0.25, -0.2) is 4.98 Å². The minimum absolute atomic E-state index is 0.0466. The van der Waals surface area contributed by atoms with E-state index in [1.807, 2.05) is 29.3 Å². The predicted molar refractivity (Wildman–Crippen MR) is 106 cm³/mol. The van der Waals surface area contributed by atoms with Crippen molar-refractivity contribution in [1.29, 1.82) is 0 Å². The number of benzene rings is 2. The van der Waals surface area contributed by atoms with Crippen molar-refractivity contribution in [3.63, 3.8) is 0 Å². The minimum Gasteiger partial charge on any atom is -0.336 e. The highest BCUT2D eigenvalue weighted by Crippen LogP contribution is 2.40. The maximum absolute atomic E-state index is 13.0. The smallest absolute Gasteiger partial charge is 0.273 e. The monoisotopic (exact) mass is 362 g/mol. The maximum atomic E-state index is 13.0. The third-order valence-electron chi connectivity index (χ3n) is 5.27. The number of thiazole rings is 1. The summed E-state index contributed by atoms with van der Waals surface area (Å²) in [5.74, 6) is 0.0466. The van der Waals surface area contributed by atoms with E-state index in [1.165, 1.54) is 22.5 Å². The number of nitrogens with zero attached hydrogens (tertiary/aromatic N) is 2. The van der Waals surface area contributed by atoms with Crippen molar-refractivity contribution in [3.8, 4) is 0 Å². The molecule has 26 heavy (non-hydrogen) atoms. The van der Waals surface area contributed by atoms with Crippen LogP contribution in [-0.2, 0) is 5.41 Å². The average Bonchev–Trinajstić information content (AvgIpc) is 3.15. The Labute approximate surface area is 158 Å². The van der Waals surface area contributed by atoms with Gasteiger partial charge < -0.3 is 4.90 Å². The van der Waals surface area contributed by atoms with Crippen LogP contribution in [0.4, 0.5) is 0 Å². The van der Waals surface area contributed by atoms with Crippen LogP contribution in [-0.4, -0.2) is 28.9 Å². The number of hydrogen-bond donors (Lipinski definition) is 0. The first kappa shape index (κ1) is 17.0. The average molecular weight is 362 g/mol. The Morgan fingerprint density at radius 2 is 1.65 bits per heavy atom. The molecule has 0 spiro atoms. The summed E-state index contributed by atoms with van der Waals surface area (Å²) in [6.07, 6.45) is 2.03. The first-order chi connectivity index (χ1) is 12.7. The molecule has 1 aliphatic rings. The number of likely N-dealkylation sites (tertiary alicyclic amines) is 1. The van der Waals surface area contributed by atoms with Gasteiger partial charge in [-0.05, 0) is 30.9 Å². The van der Waals surface area contributed by atoms with Gasteiger partial charge in [0.1, 0.15) is 5.69 Å². The molecular formula is C22H22N2OS. The summed E-state index contributed by atoms with van der Waals surface area (Å²) in [6.45, 7) is 3.42. The van der Waals surface area contributed by atoms with Crippen LogP contribution < -0.4 is 0 Å². The summed E-state index contributed by atoms with van der Waals surface area (Å²) in [4.78, 5) is 19.4. The van der Waals surface area contributed by atoms with Crippen LogP contribution in [0.2, 0.25) is 0 Å². The molecule has 2 heterocycles. The zero-order valence-corrected chi connectivity index (χ0v) is 15.7. The van der Waals surface area contributed by atoms with Crippen molar-refractivity contribution < 1.29 is 4.79 Å². The molecule has 0 N–H and O–H groups in total. The van der Waals surface area contributed by atoms with Gasteiger partial charge in [0, 0.05) is 23.9 Å². The van der Waals surface area contributed by atoms with E-state index in [9.17, 15) is 4.79 Å². The molecule has 4 rings (SSSR count). The molecule has 0 saturated carbocycles. The molecular weight excluding hydrogens is 340 g/mol. The zero-order valence-electron chi connectivity index (χ0n) is 14.9. The van der Waals surface area contributed by atoms with Crippen LogP contribution in [0.15, 0.2) is 66.0 Å². The van der Waals surface area contributed by atoms with Gasteiger partial charge >= 0.3 is 0 Å². The highest BCUT2D eigenvalue weighted by Gasteiger charge is 2.40. The van der Waals surface area contributed by atoms with Gasteiger partial charge in [-0.3, -0.25) is 4.79 Å². The number of amides is 1. The van der Waals surface area contributed by atoms with Crippen molar-refractivity contribution in [3.05, 3.63) is 87.9 Å². The van der Waals surface area contributed by atoms with Crippen LogP contribution in [0.1, 0.15) is 39.5 Å². The number of carbonyl (C=O) groups excluding carboxylic acids is 1. The van der Waals surface area contributed by atoms with Crippen LogP contribution in [0.25, 0.3) is 0 Å². The van der Waals surface area contributed by atoms with E-state index in [2.05, 4.69) is 53.5 Å². The SMILES string of the molecule is Cc1nc(C(=O)N2CCCC(c3ccccc3)(c3ccccc3)C2)cs1. The van der Waals surface area contributed by atoms with Crippen molar-refractivity contribution in [2.45, 2.75) is 25.2 Å². The number of carbonyl (C=O) groups is 1. The van der Waals surface area contributed by atoms with Gasteiger partial charge in [0.25, 0.3) is 5.91 Å². The summed E-state index contributed by atoms with van der Waals surface area (Å²) in [5, 5.41) is 2.81. The Hall–Kier alpha value is -2.46. The molecule has 0 aliphatic carbocycles. The minimum atomic E-state index is -0.165. The van der Waals surface area contributed by atoms with Gasteiger partial charge in [0.15, 0.2) is 0 Å². The molecule has 2 aromatic carbocycles. The number of rotatable bonds is 3. The molecule has 1 amide bonds. The van der Waals surface area contributed by atoms with Crippen molar-refractivity contribution >= 4 is 17.2 Å². The van der Waals surface area contributed by atoms with E-state index in [-0.39, 0.29) is 11.3 Å². The van der Waals surface area contributed by atoms with Crippen LogP contribution >= 0.6 is 11.3 Å². The van der Waals surface area contributed by atoms with Gasteiger partial charge in [0.05, 0.1) is 5.01 Å². The van der Waals surface area contributed by atoms with Gasteiger partial charge in [-0.15, -0.1) is 11.3 Å². The lowest BCUT2D eigenvalue weighted by Gasteiger charge is -2.43. The molecule has 0 bridgehead atoms. The van der Waals surface area contributed by atoms with E-state index >= 15 is 0 Å². The zero-order chi connectivity index (χ0) is 18.0. The Bertz CT molecular complexity index is 849. The lowest BCUT2D eigenvalue weighted by molar-refractivity contribution is 0.0661. The lowest BCUT2D eigenvalue weighted by atomic mass is 9.69. The quantitative estimate of drug-likeness (QED) is 0.678. The van der Waals surface area contributed by atoms with Gasteiger partial charge in [-0.1, -0.05) is 60.7 Å². The molecule has 3 aromatic rings. The molecule has 0 radical (unpaired) electrons. The largest absolute Gasteiger partial charge is 0.336 e. The first-order valence-corrected chi connectivity index (χ1v) is 9.89. The summed E-state index contributed by atoms with van der Waals surface area (Å²) in [7, 11) is 0. The second-order valence-electron chi connectivity index (χ2n) is 6.90. The highest BCUT2D eigenvalue weighted by molar-refractivity contribution is 7.09. The number of aryl methyl sites for hydroxylation is 1. The topological polar surface area (TPSA) is 33.2 Å². The van der Waals surface area contributed by atoms with Crippen LogP contribution in [0.3, 0.4) is 0 Å². The summed E-state index contributed by atoms with van der Waals surface area (Å²) in [5.41, 5.74) is 2.96. The number of hydrogen-bond acceptors (Lipinski definition) is 3. The van der Waals surface area contributed by atoms with Crippen molar-refractivity contribution in [1.82, 2.24) is 9.88 Å². The van der Waals surface area contributed by atoms with Crippen LogP contribution in [0.5, 0.6) is 0 Å². The lowest BCUT2D eigenvalue weighted by Crippen LogP contribution is -2.49. The van der Waals surface area contributed by atoms with Crippen molar-refractivity contribution in [2.24, 2.45) is 0 Å².